The van der Waals surface area contributed by atoms with Crippen molar-refractivity contribution in [2.24, 2.45) is 0 Å². The van der Waals surface area contributed by atoms with Gasteiger partial charge in [0.25, 0.3) is 5.91 Å². The summed E-state index contributed by atoms with van der Waals surface area (Å²) in [7, 11) is 0. The van der Waals surface area contributed by atoms with E-state index in [4.69, 9.17) is 23.7 Å². The maximum atomic E-state index is 13.2. The lowest BCUT2D eigenvalue weighted by Gasteiger charge is -2.28. The van der Waals surface area contributed by atoms with Crippen molar-refractivity contribution >= 4 is 17.6 Å². The molecule has 8 nitrogen and oxygen atoms in total. The Morgan fingerprint density at radius 1 is 0.812 bits per heavy atom. The van der Waals surface area contributed by atoms with Gasteiger partial charge in [-0.15, -0.1) is 0 Å². The third-order valence-electron chi connectivity index (χ3n) is 6.10. The van der Waals surface area contributed by atoms with Crippen LogP contribution >= 0.6 is 0 Å². The fourth-order valence-electron chi connectivity index (χ4n) is 4.52. The summed E-state index contributed by atoms with van der Waals surface area (Å²) in [6.07, 6.45) is 3.20. The highest BCUT2D eigenvalue weighted by atomic mass is 16.6. The average Bonchev–Trinajstić information content (AvgIpc) is 3.33. The standard InChI is InChI=1S/C24H25NO7/c26-22(25-17-4-6-19-21(14-17)31-12-10-29-19)15-32-23(27)24(7-1-2-8-24)16-3-5-18-20(13-16)30-11-9-28-18/h3-6,13-14H,1-2,7-12,15H2,(H,25,26). The number of amides is 1. The molecule has 2 aromatic carbocycles. The lowest BCUT2D eigenvalue weighted by Crippen LogP contribution is -2.36. The first kappa shape index (κ1) is 20.5. The second kappa shape index (κ2) is 8.61. The first-order chi connectivity index (χ1) is 15.6. The van der Waals surface area contributed by atoms with Crippen LogP contribution in [0.15, 0.2) is 36.4 Å². The van der Waals surface area contributed by atoms with Gasteiger partial charge in [0.15, 0.2) is 29.6 Å². The van der Waals surface area contributed by atoms with Gasteiger partial charge in [0.1, 0.15) is 26.4 Å². The highest BCUT2D eigenvalue weighted by Crippen LogP contribution is 2.45. The van der Waals surface area contributed by atoms with Gasteiger partial charge in [0, 0.05) is 11.8 Å². The predicted molar refractivity (Wildman–Crippen MR) is 115 cm³/mol. The molecule has 3 aliphatic rings. The number of hydrogen-bond acceptors (Lipinski definition) is 7. The van der Waals surface area contributed by atoms with Gasteiger partial charge in [0.2, 0.25) is 0 Å². The SMILES string of the molecule is O=C(COC(=O)C1(c2ccc3c(c2)OCCO3)CCCC1)Nc1ccc2c(c1)OCCO2. The van der Waals surface area contributed by atoms with Crippen LogP contribution in [-0.4, -0.2) is 44.9 Å². The number of esters is 1. The van der Waals surface area contributed by atoms with E-state index in [1.807, 2.05) is 18.2 Å². The number of carbonyl (C=O) groups excluding carboxylic acids is 2. The van der Waals surface area contributed by atoms with E-state index in [0.717, 1.165) is 18.4 Å². The monoisotopic (exact) mass is 439 g/mol. The number of ether oxygens (including phenoxy) is 5. The van der Waals surface area contributed by atoms with Crippen molar-refractivity contribution in [3.8, 4) is 23.0 Å². The molecule has 1 amide bonds. The summed E-state index contributed by atoms with van der Waals surface area (Å²) in [5.74, 6) is 1.75. The van der Waals surface area contributed by atoms with Crippen LogP contribution < -0.4 is 24.3 Å². The van der Waals surface area contributed by atoms with E-state index in [1.165, 1.54) is 0 Å². The molecule has 2 aromatic rings. The molecule has 0 radical (unpaired) electrons. The quantitative estimate of drug-likeness (QED) is 0.715. The number of anilines is 1. The summed E-state index contributed by atoms with van der Waals surface area (Å²) in [6, 6.07) is 10.8. The Morgan fingerprint density at radius 3 is 2.09 bits per heavy atom. The zero-order chi connectivity index (χ0) is 22.0. The van der Waals surface area contributed by atoms with E-state index >= 15 is 0 Å². The van der Waals surface area contributed by atoms with Gasteiger partial charge in [-0.05, 0) is 42.7 Å². The van der Waals surface area contributed by atoms with Crippen LogP contribution in [0, 0.1) is 0 Å². The topological polar surface area (TPSA) is 92.3 Å². The Labute approximate surface area is 185 Å². The van der Waals surface area contributed by atoms with Gasteiger partial charge in [-0.1, -0.05) is 18.9 Å². The number of fused-ring (bicyclic) bond motifs is 2. The summed E-state index contributed by atoms with van der Waals surface area (Å²) in [5.41, 5.74) is 0.627. The minimum absolute atomic E-state index is 0.362. The van der Waals surface area contributed by atoms with Crippen molar-refractivity contribution in [1.82, 2.24) is 0 Å². The molecule has 5 rings (SSSR count). The average molecular weight is 439 g/mol. The van der Waals surface area contributed by atoms with Crippen molar-refractivity contribution < 1.29 is 33.3 Å². The second-order valence-electron chi connectivity index (χ2n) is 8.13. The Hall–Kier alpha value is -3.42. The molecule has 168 valence electrons. The van der Waals surface area contributed by atoms with Gasteiger partial charge >= 0.3 is 5.97 Å². The maximum absolute atomic E-state index is 13.2. The van der Waals surface area contributed by atoms with Crippen molar-refractivity contribution in [2.45, 2.75) is 31.1 Å². The molecule has 0 unspecified atom stereocenters. The first-order valence-corrected chi connectivity index (χ1v) is 10.9. The fraction of sp³-hybridized carbons (Fsp3) is 0.417. The van der Waals surface area contributed by atoms with Crippen molar-refractivity contribution in [1.29, 1.82) is 0 Å². The van der Waals surface area contributed by atoms with Crippen molar-refractivity contribution in [2.75, 3.05) is 38.4 Å². The highest BCUT2D eigenvalue weighted by Gasteiger charge is 2.45. The summed E-state index contributed by atoms with van der Waals surface area (Å²) in [5, 5.41) is 2.74. The summed E-state index contributed by atoms with van der Waals surface area (Å²) >= 11 is 0. The van der Waals surface area contributed by atoms with Crippen LogP contribution in [0.5, 0.6) is 23.0 Å². The van der Waals surface area contributed by atoms with Crippen LogP contribution in [0.25, 0.3) is 0 Å². The Kier molecular flexibility index (Phi) is 5.51. The van der Waals surface area contributed by atoms with E-state index in [-0.39, 0.29) is 12.6 Å². The van der Waals surface area contributed by atoms with Crippen LogP contribution in [0.2, 0.25) is 0 Å². The molecule has 8 heteroatoms. The number of benzene rings is 2. The van der Waals surface area contributed by atoms with E-state index in [0.29, 0.717) is 68.0 Å². The summed E-state index contributed by atoms with van der Waals surface area (Å²) in [6.45, 7) is 1.59. The normalized spacial score (nSPS) is 18.0. The lowest BCUT2D eigenvalue weighted by atomic mass is 9.78. The van der Waals surface area contributed by atoms with Crippen LogP contribution in [0.1, 0.15) is 31.2 Å². The highest BCUT2D eigenvalue weighted by molar-refractivity contribution is 5.94. The third-order valence-corrected chi connectivity index (χ3v) is 6.10. The van der Waals surface area contributed by atoms with E-state index < -0.39 is 11.3 Å². The van der Waals surface area contributed by atoms with Gasteiger partial charge in [-0.3, -0.25) is 9.59 Å². The molecule has 1 fully saturated rings. The lowest BCUT2D eigenvalue weighted by molar-refractivity contribution is -0.153. The molecule has 0 saturated heterocycles. The molecule has 0 spiro atoms. The van der Waals surface area contributed by atoms with E-state index in [2.05, 4.69) is 5.32 Å². The molecular weight excluding hydrogens is 414 g/mol. The molecule has 2 heterocycles. The minimum Gasteiger partial charge on any atom is -0.486 e. The Balaban J connectivity index is 1.25. The number of rotatable bonds is 5. The van der Waals surface area contributed by atoms with Crippen LogP contribution in [-0.2, 0) is 19.7 Å². The number of carbonyl (C=O) groups is 2. The van der Waals surface area contributed by atoms with Gasteiger partial charge in [-0.2, -0.15) is 0 Å². The van der Waals surface area contributed by atoms with Crippen molar-refractivity contribution in [3.63, 3.8) is 0 Å². The maximum Gasteiger partial charge on any atom is 0.317 e. The minimum atomic E-state index is -0.771. The van der Waals surface area contributed by atoms with Crippen LogP contribution in [0.3, 0.4) is 0 Å². The third kappa shape index (κ3) is 3.92. The van der Waals surface area contributed by atoms with Gasteiger partial charge in [0.05, 0.1) is 5.41 Å². The van der Waals surface area contributed by atoms with Gasteiger partial charge in [-0.25, -0.2) is 0 Å². The smallest absolute Gasteiger partial charge is 0.317 e. The molecule has 2 aliphatic heterocycles. The fourth-order valence-corrected chi connectivity index (χ4v) is 4.52. The zero-order valence-corrected chi connectivity index (χ0v) is 17.7. The van der Waals surface area contributed by atoms with Crippen LogP contribution in [0.4, 0.5) is 5.69 Å². The molecular formula is C24H25NO7. The number of nitrogens with one attached hydrogen (secondary N) is 1. The number of hydrogen-bond donors (Lipinski definition) is 1. The zero-order valence-electron chi connectivity index (χ0n) is 17.7. The Bertz CT molecular complexity index is 1030. The molecule has 32 heavy (non-hydrogen) atoms. The second-order valence-corrected chi connectivity index (χ2v) is 8.13. The molecule has 1 saturated carbocycles. The first-order valence-electron chi connectivity index (χ1n) is 10.9. The largest absolute Gasteiger partial charge is 0.486 e. The molecule has 1 aliphatic carbocycles. The molecule has 0 bridgehead atoms. The summed E-state index contributed by atoms with van der Waals surface area (Å²) in [4.78, 5) is 25.6. The predicted octanol–water partition coefficient (Wildman–Crippen LogP) is 3.22. The summed E-state index contributed by atoms with van der Waals surface area (Å²) < 4.78 is 27.8. The Morgan fingerprint density at radius 2 is 1.41 bits per heavy atom. The van der Waals surface area contributed by atoms with E-state index in [9.17, 15) is 9.59 Å². The van der Waals surface area contributed by atoms with Crippen molar-refractivity contribution in [3.05, 3.63) is 42.0 Å². The molecule has 1 N–H and O–H groups in total. The van der Waals surface area contributed by atoms with E-state index in [1.54, 1.807) is 18.2 Å². The van der Waals surface area contributed by atoms with Gasteiger partial charge < -0.3 is 29.0 Å². The molecule has 0 atom stereocenters. The molecule has 0 aromatic heterocycles.